The van der Waals surface area contributed by atoms with Gasteiger partial charge in [0.15, 0.2) is 5.82 Å². The number of carboxylic acids is 1. The Hall–Kier alpha value is -2.76. The maximum Gasteiger partial charge on any atom is 0.341 e. The Bertz CT molecular complexity index is 938. The summed E-state index contributed by atoms with van der Waals surface area (Å²) in [5.41, 5.74) is 2.75. The summed E-state index contributed by atoms with van der Waals surface area (Å²) in [4.78, 5) is 29.2. The highest BCUT2D eigenvalue weighted by atomic mass is 16.4. The van der Waals surface area contributed by atoms with Gasteiger partial charge in [-0.3, -0.25) is 4.79 Å². The van der Waals surface area contributed by atoms with Crippen LogP contribution in [-0.4, -0.2) is 32.4 Å². The largest absolute Gasteiger partial charge is 0.477 e. The van der Waals surface area contributed by atoms with Crippen LogP contribution in [0.15, 0.2) is 35.5 Å². The molecular formula is C20H21N3O3. The molecule has 0 amide bonds. The molecule has 134 valence electrons. The van der Waals surface area contributed by atoms with Gasteiger partial charge in [-0.2, -0.15) is 5.10 Å². The number of hydrogen-bond donors (Lipinski definition) is 1. The second-order valence-electron chi connectivity index (χ2n) is 8.05. The third kappa shape index (κ3) is 2.57. The van der Waals surface area contributed by atoms with Crippen LogP contribution in [0.3, 0.4) is 0 Å². The summed E-state index contributed by atoms with van der Waals surface area (Å²) in [6.07, 6.45) is 2.49. The van der Waals surface area contributed by atoms with Crippen molar-refractivity contribution in [1.82, 2.24) is 9.78 Å². The third-order valence-corrected chi connectivity index (χ3v) is 5.27. The van der Waals surface area contributed by atoms with Crippen LogP contribution in [-0.2, 0) is 4.79 Å². The third-order valence-electron chi connectivity index (χ3n) is 5.27. The molecule has 1 aliphatic carbocycles. The van der Waals surface area contributed by atoms with Crippen molar-refractivity contribution < 1.29 is 14.7 Å². The number of benzene rings is 1. The maximum absolute atomic E-state index is 13.0. The van der Waals surface area contributed by atoms with Gasteiger partial charge in [-0.1, -0.05) is 43.7 Å². The van der Waals surface area contributed by atoms with E-state index in [2.05, 4.69) is 23.9 Å². The van der Waals surface area contributed by atoms with E-state index in [0.717, 1.165) is 16.8 Å². The summed E-state index contributed by atoms with van der Waals surface area (Å²) < 4.78 is 1.61. The molecule has 6 nitrogen and oxygen atoms in total. The first-order chi connectivity index (χ1) is 12.3. The maximum atomic E-state index is 13.0. The van der Waals surface area contributed by atoms with E-state index in [-0.39, 0.29) is 28.7 Å². The number of nitrogens with zero attached hydrogens (tertiary/aromatic N) is 3. The Morgan fingerprint density at radius 2 is 1.92 bits per heavy atom. The van der Waals surface area contributed by atoms with E-state index in [1.807, 2.05) is 31.2 Å². The van der Waals surface area contributed by atoms with Crippen LogP contribution < -0.4 is 0 Å². The molecule has 2 atom stereocenters. The predicted molar refractivity (Wildman–Crippen MR) is 97.1 cm³/mol. The van der Waals surface area contributed by atoms with Crippen molar-refractivity contribution in [3.05, 3.63) is 47.2 Å². The minimum absolute atomic E-state index is 0.0730. The van der Waals surface area contributed by atoms with Gasteiger partial charge < -0.3 is 5.11 Å². The summed E-state index contributed by atoms with van der Waals surface area (Å²) in [6.45, 7) is 6.11. The standard InChI is InChI=1S/C20H21N3O3/c1-11-4-6-12(7-5-11)17-16-14(8-20(2,3)9-15(16)24)22-18-13(19(25)26)10-21-23(17)18/h4-7,10,16-17H,8-9H2,1-3H3,(H,25,26). The van der Waals surface area contributed by atoms with Gasteiger partial charge in [0.2, 0.25) is 0 Å². The van der Waals surface area contributed by atoms with Crippen molar-refractivity contribution in [2.45, 2.75) is 39.7 Å². The molecule has 1 N–H and O–H groups in total. The van der Waals surface area contributed by atoms with Gasteiger partial charge in [0.25, 0.3) is 0 Å². The number of aromatic carboxylic acids is 1. The first-order valence-corrected chi connectivity index (χ1v) is 8.74. The number of rotatable bonds is 2. The van der Waals surface area contributed by atoms with Gasteiger partial charge in [0.1, 0.15) is 11.3 Å². The van der Waals surface area contributed by atoms with Gasteiger partial charge in [-0.25, -0.2) is 14.5 Å². The Morgan fingerprint density at radius 1 is 1.23 bits per heavy atom. The van der Waals surface area contributed by atoms with Crippen molar-refractivity contribution in [3.8, 4) is 0 Å². The molecule has 1 aromatic heterocycles. The van der Waals surface area contributed by atoms with Crippen molar-refractivity contribution in [1.29, 1.82) is 0 Å². The highest BCUT2D eigenvalue weighted by Crippen LogP contribution is 2.45. The van der Waals surface area contributed by atoms with Crippen molar-refractivity contribution in [3.63, 3.8) is 0 Å². The topological polar surface area (TPSA) is 84.6 Å². The normalized spacial score (nSPS) is 23.8. The molecule has 26 heavy (non-hydrogen) atoms. The average Bonchev–Trinajstić information content (AvgIpc) is 2.96. The van der Waals surface area contributed by atoms with Crippen LogP contribution in [0.4, 0.5) is 5.82 Å². The van der Waals surface area contributed by atoms with E-state index in [1.165, 1.54) is 6.20 Å². The average molecular weight is 351 g/mol. The van der Waals surface area contributed by atoms with E-state index >= 15 is 0 Å². The van der Waals surface area contributed by atoms with Crippen molar-refractivity contribution in [2.24, 2.45) is 16.3 Å². The van der Waals surface area contributed by atoms with Gasteiger partial charge in [-0.05, 0) is 24.3 Å². The Labute approximate surface area is 151 Å². The highest BCUT2D eigenvalue weighted by molar-refractivity contribution is 6.10. The molecule has 1 saturated carbocycles. The van der Waals surface area contributed by atoms with Crippen molar-refractivity contribution >= 4 is 23.3 Å². The molecule has 0 bridgehead atoms. The molecular weight excluding hydrogens is 330 g/mol. The van der Waals surface area contributed by atoms with E-state index in [4.69, 9.17) is 0 Å². The summed E-state index contributed by atoms with van der Waals surface area (Å²) in [6, 6.07) is 7.62. The van der Waals surface area contributed by atoms with Crippen LogP contribution in [0.1, 0.15) is 54.2 Å². The van der Waals surface area contributed by atoms with Crippen molar-refractivity contribution in [2.75, 3.05) is 0 Å². The second-order valence-corrected chi connectivity index (χ2v) is 8.05. The fraction of sp³-hybridized carbons (Fsp3) is 0.400. The Morgan fingerprint density at radius 3 is 2.58 bits per heavy atom. The lowest BCUT2D eigenvalue weighted by Gasteiger charge is -2.40. The number of carbonyl (C=O) groups excluding carboxylic acids is 1. The smallest absolute Gasteiger partial charge is 0.341 e. The summed E-state index contributed by atoms with van der Waals surface area (Å²) in [5, 5.41) is 13.8. The zero-order chi connectivity index (χ0) is 18.6. The molecule has 2 aromatic rings. The zero-order valence-corrected chi connectivity index (χ0v) is 15.1. The zero-order valence-electron chi connectivity index (χ0n) is 15.1. The summed E-state index contributed by atoms with van der Waals surface area (Å²) in [7, 11) is 0. The molecule has 1 aromatic carbocycles. The number of aliphatic imine (C=N–C) groups is 1. The number of ketones is 1. The van der Waals surface area contributed by atoms with Crippen LogP contribution >= 0.6 is 0 Å². The lowest BCUT2D eigenvalue weighted by atomic mass is 9.67. The van der Waals surface area contributed by atoms with E-state index < -0.39 is 5.97 Å². The number of Topliss-reactive ketones (excluding diaryl/α,β-unsaturated/α-hetero) is 1. The number of aromatic nitrogens is 2. The Balaban J connectivity index is 1.93. The molecule has 0 saturated heterocycles. The predicted octanol–water partition coefficient (Wildman–Crippen LogP) is 3.57. The fourth-order valence-electron chi connectivity index (χ4n) is 4.09. The lowest BCUT2D eigenvalue weighted by molar-refractivity contribution is -0.124. The molecule has 2 unspecified atom stereocenters. The number of carbonyl (C=O) groups is 2. The van der Waals surface area contributed by atoms with E-state index in [1.54, 1.807) is 4.68 Å². The minimum Gasteiger partial charge on any atom is -0.477 e. The first kappa shape index (κ1) is 16.7. The first-order valence-electron chi connectivity index (χ1n) is 8.74. The molecule has 1 fully saturated rings. The Kier molecular flexibility index (Phi) is 3.61. The van der Waals surface area contributed by atoms with E-state index in [0.29, 0.717) is 18.7 Å². The van der Waals surface area contributed by atoms with Crippen LogP contribution in [0.2, 0.25) is 0 Å². The van der Waals surface area contributed by atoms with Gasteiger partial charge in [0.05, 0.1) is 18.2 Å². The SMILES string of the molecule is Cc1ccc(C2C3C(=O)CC(C)(C)CC3=Nc3c(C(=O)O)cnn32)cc1. The van der Waals surface area contributed by atoms with E-state index in [9.17, 15) is 14.7 Å². The molecule has 0 spiro atoms. The fourth-order valence-corrected chi connectivity index (χ4v) is 4.09. The molecule has 2 heterocycles. The monoisotopic (exact) mass is 351 g/mol. The molecule has 2 aliphatic rings. The molecule has 0 radical (unpaired) electrons. The molecule has 1 aliphatic heterocycles. The summed E-state index contributed by atoms with van der Waals surface area (Å²) in [5.74, 6) is -0.971. The minimum atomic E-state index is -1.06. The number of aryl methyl sites for hydroxylation is 1. The molecule has 4 rings (SSSR count). The van der Waals surface area contributed by atoms with Crippen LogP contribution in [0, 0.1) is 18.3 Å². The van der Waals surface area contributed by atoms with Gasteiger partial charge in [-0.15, -0.1) is 0 Å². The number of hydrogen-bond acceptors (Lipinski definition) is 4. The van der Waals surface area contributed by atoms with Crippen LogP contribution in [0.25, 0.3) is 0 Å². The number of carboxylic acid groups (broad SMARTS) is 1. The van der Waals surface area contributed by atoms with Gasteiger partial charge >= 0.3 is 5.97 Å². The molecule has 6 heteroatoms. The lowest BCUT2D eigenvalue weighted by Crippen LogP contribution is -2.44. The summed E-state index contributed by atoms with van der Waals surface area (Å²) >= 11 is 0. The quantitative estimate of drug-likeness (QED) is 0.896. The van der Waals surface area contributed by atoms with Gasteiger partial charge in [0, 0.05) is 12.1 Å². The number of fused-ring (bicyclic) bond motifs is 2. The van der Waals surface area contributed by atoms with Crippen LogP contribution in [0.5, 0.6) is 0 Å². The highest BCUT2D eigenvalue weighted by Gasteiger charge is 2.46. The second kappa shape index (κ2) is 5.62.